The van der Waals surface area contributed by atoms with Crippen molar-refractivity contribution in [2.45, 2.75) is 12.8 Å². The third kappa shape index (κ3) is 4.46. The Morgan fingerprint density at radius 1 is 1.11 bits per heavy atom. The minimum atomic E-state index is 0.0435. The van der Waals surface area contributed by atoms with Gasteiger partial charge in [-0.05, 0) is 37.2 Å². The summed E-state index contributed by atoms with van der Waals surface area (Å²) in [7, 11) is 2.16. The Labute approximate surface area is 163 Å². The molecule has 1 aromatic heterocycles. The second-order valence-corrected chi connectivity index (χ2v) is 8.01. The summed E-state index contributed by atoms with van der Waals surface area (Å²) >= 11 is 1.70. The van der Waals surface area contributed by atoms with Gasteiger partial charge in [-0.25, -0.2) is 4.98 Å². The third-order valence-corrected chi connectivity index (χ3v) is 6.00. The van der Waals surface area contributed by atoms with Crippen LogP contribution in [0.1, 0.15) is 12.0 Å². The first-order chi connectivity index (χ1) is 13.2. The van der Waals surface area contributed by atoms with Gasteiger partial charge in [0.05, 0.1) is 10.2 Å². The van der Waals surface area contributed by atoms with Gasteiger partial charge in [-0.1, -0.05) is 41.7 Å². The Bertz CT molecular complexity index is 916. The average molecular weight is 381 g/mol. The van der Waals surface area contributed by atoms with E-state index in [-0.39, 0.29) is 5.91 Å². The molecule has 0 saturated carbocycles. The highest BCUT2D eigenvalue weighted by molar-refractivity contribution is 7.22. The zero-order valence-corrected chi connectivity index (χ0v) is 16.3. The summed E-state index contributed by atoms with van der Waals surface area (Å²) in [6, 6.07) is 16.1. The molecule has 1 aliphatic heterocycles. The highest BCUT2D eigenvalue weighted by Crippen LogP contribution is 2.31. The fourth-order valence-electron chi connectivity index (χ4n) is 3.25. The molecule has 1 N–H and O–H groups in total. The summed E-state index contributed by atoms with van der Waals surface area (Å²) in [5.41, 5.74) is 3.02. The lowest BCUT2D eigenvalue weighted by atomic mass is 10.1. The standard InChI is InChI=1S/C21H24N4OS/c1-24-11-13-25(14-12-24)21-23-18-9-8-17(15-19(18)27-21)22-20(26)10-7-16-5-3-2-4-6-16/h2-6,8-9,15H,7,10-14H2,1H3,(H,22,26). The van der Waals surface area contributed by atoms with E-state index < -0.39 is 0 Å². The Morgan fingerprint density at radius 3 is 2.67 bits per heavy atom. The van der Waals surface area contributed by atoms with Crippen molar-refractivity contribution in [2.75, 3.05) is 43.4 Å². The number of carbonyl (C=O) groups is 1. The van der Waals surface area contributed by atoms with Crippen molar-refractivity contribution < 1.29 is 4.79 Å². The highest BCUT2D eigenvalue weighted by atomic mass is 32.1. The van der Waals surface area contributed by atoms with Gasteiger partial charge >= 0.3 is 0 Å². The van der Waals surface area contributed by atoms with E-state index in [1.807, 2.05) is 36.4 Å². The van der Waals surface area contributed by atoms with E-state index in [1.165, 1.54) is 5.56 Å². The van der Waals surface area contributed by atoms with Gasteiger partial charge in [-0.15, -0.1) is 0 Å². The van der Waals surface area contributed by atoms with Crippen molar-refractivity contribution in [3.8, 4) is 0 Å². The molecule has 0 spiro atoms. The van der Waals surface area contributed by atoms with Crippen molar-refractivity contribution in [1.29, 1.82) is 0 Å². The van der Waals surface area contributed by atoms with E-state index in [2.05, 4.69) is 34.3 Å². The number of hydrogen-bond acceptors (Lipinski definition) is 5. The Hall–Kier alpha value is -2.44. The number of carbonyl (C=O) groups excluding carboxylic acids is 1. The molecule has 1 saturated heterocycles. The zero-order chi connectivity index (χ0) is 18.6. The quantitative estimate of drug-likeness (QED) is 0.734. The molecule has 2 heterocycles. The van der Waals surface area contributed by atoms with Crippen LogP contribution in [0.4, 0.5) is 10.8 Å². The van der Waals surface area contributed by atoms with Crippen LogP contribution in [0, 0.1) is 0 Å². The molecule has 6 heteroatoms. The van der Waals surface area contributed by atoms with Gasteiger partial charge in [-0.3, -0.25) is 4.79 Å². The maximum absolute atomic E-state index is 12.3. The summed E-state index contributed by atoms with van der Waals surface area (Å²) in [6.45, 7) is 4.16. The molecule has 3 aromatic rings. The maximum atomic E-state index is 12.3. The number of rotatable bonds is 5. The second-order valence-electron chi connectivity index (χ2n) is 7.00. The van der Waals surface area contributed by atoms with Gasteiger partial charge in [0.2, 0.25) is 5.91 Å². The van der Waals surface area contributed by atoms with E-state index in [0.29, 0.717) is 6.42 Å². The number of nitrogens with zero attached hydrogens (tertiary/aromatic N) is 3. The van der Waals surface area contributed by atoms with Crippen LogP contribution in [0.15, 0.2) is 48.5 Å². The molecule has 0 aliphatic carbocycles. The first-order valence-corrected chi connectivity index (χ1v) is 10.2. The minimum Gasteiger partial charge on any atom is -0.345 e. The fraction of sp³-hybridized carbons (Fsp3) is 0.333. The number of anilines is 2. The Morgan fingerprint density at radius 2 is 1.89 bits per heavy atom. The lowest BCUT2D eigenvalue weighted by Gasteiger charge is -2.31. The summed E-state index contributed by atoms with van der Waals surface area (Å²) < 4.78 is 1.12. The van der Waals surface area contributed by atoms with Gasteiger partial charge in [0.25, 0.3) is 0 Å². The van der Waals surface area contributed by atoms with Crippen molar-refractivity contribution in [3.05, 3.63) is 54.1 Å². The largest absolute Gasteiger partial charge is 0.345 e. The van der Waals surface area contributed by atoms with E-state index >= 15 is 0 Å². The Kier molecular flexibility index (Phi) is 5.36. The molecule has 0 atom stereocenters. The molecule has 0 radical (unpaired) electrons. The van der Waals surface area contributed by atoms with Crippen molar-refractivity contribution in [1.82, 2.24) is 9.88 Å². The van der Waals surface area contributed by atoms with E-state index in [1.54, 1.807) is 11.3 Å². The van der Waals surface area contributed by atoms with Crippen LogP contribution in [0.5, 0.6) is 0 Å². The van der Waals surface area contributed by atoms with Gasteiger partial charge in [-0.2, -0.15) is 0 Å². The number of hydrogen-bond donors (Lipinski definition) is 1. The maximum Gasteiger partial charge on any atom is 0.224 e. The molecule has 27 heavy (non-hydrogen) atoms. The number of aromatic nitrogens is 1. The van der Waals surface area contributed by atoms with Crippen molar-refractivity contribution >= 4 is 38.3 Å². The first-order valence-electron chi connectivity index (χ1n) is 9.35. The van der Waals surface area contributed by atoms with E-state index in [0.717, 1.165) is 53.6 Å². The number of fused-ring (bicyclic) bond motifs is 1. The molecule has 0 bridgehead atoms. The molecule has 140 valence electrons. The summed E-state index contributed by atoms with van der Waals surface area (Å²) in [5, 5.41) is 4.09. The number of nitrogens with one attached hydrogen (secondary N) is 1. The SMILES string of the molecule is CN1CCN(c2nc3ccc(NC(=O)CCc4ccccc4)cc3s2)CC1. The molecule has 5 nitrogen and oxygen atoms in total. The molecule has 4 rings (SSSR count). The molecule has 1 aliphatic rings. The first kappa shape index (κ1) is 17.9. The van der Waals surface area contributed by atoms with Crippen molar-refractivity contribution in [3.63, 3.8) is 0 Å². The minimum absolute atomic E-state index is 0.0435. The summed E-state index contributed by atoms with van der Waals surface area (Å²) in [6.07, 6.45) is 1.24. The van der Waals surface area contributed by atoms with Crippen LogP contribution in [-0.4, -0.2) is 49.0 Å². The highest BCUT2D eigenvalue weighted by Gasteiger charge is 2.17. The number of benzene rings is 2. The third-order valence-electron chi connectivity index (χ3n) is 4.92. The number of thiazole rings is 1. The number of amides is 1. The van der Waals surface area contributed by atoms with Crippen LogP contribution in [-0.2, 0) is 11.2 Å². The van der Waals surface area contributed by atoms with Gasteiger partial charge in [0, 0.05) is 38.3 Å². The van der Waals surface area contributed by atoms with Gasteiger partial charge in [0.1, 0.15) is 0 Å². The lowest BCUT2D eigenvalue weighted by Crippen LogP contribution is -2.44. The molecule has 0 unspecified atom stereocenters. The fourth-order valence-corrected chi connectivity index (χ4v) is 4.31. The smallest absolute Gasteiger partial charge is 0.224 e. The van der Waals surface area contributed by atoms with Crippen molar-refractivity contribution in [2.24, 2.45) is 0 Å². The van der Waals surface area contributed by atoms with Crippen LogP contribution in [0.2, 0.25) is 0 Å². The van der Waals surface area contributed by atoms with E-state index in [9.17, 15) is 4.79 Å². The number of likely N-dealkylation sites (N-methyl/N-ethyl adjacent to an activating group) is 1. The van der Waals surface area contributed by atoms with Crippen LogP contribution in [0.3, 0.4) is 0 Å². The van der Waals surface area contributed by atoms with Gasteiger partial charge in [0.15, 0.2) is 5.13 Å². The number of aryl methyl sites for hydroxylation is 1. The number of piperazine rings is 1. The van der Waals surface area contributed by atoms with E-state index in [4.69, 9.17) is 4.98 Å². The molecule has 1 amide bonds. The van der Waals surface area contributed by atoms with Crippen LogP contribution < -0.4 is 10.2 Å². The lowest BCUT2D eigenvalue weighted by molar-refractivity contribution is -0.116. The van der Waals surface area contributed by atoms with Gasteiger partial charge < -0.3 is 15.1 Å². The zero-order valence-electron chi connectivity index (χ0n) is 15.5. The predicted molar refractivity (Wildman–Crippen MR) is 113 cm³/mol. The molecule has 2 aromatic carbocycles. The predicted octanol–water partition coefficient (Wildman–Crippen LogP) is 3.62. The molecular formula is C21H24N4OS. The summed E-state index contributed by atoms with van der Waals surface area (Å²) in [4.78, 5) is 21.7. The average Bonchev–Trinajstić information content (AvgIpc) is 3.11. The monoisotopic (exact) mass is 380 g/mol. The van der Waals surface area contributed by atoms with Crippen LogP contribution >= 0.6 is 11.3 Å². The second kappa shape index (κ2) is 8.06. The molecule has 1 fully saturated rings. The normalized spacial score (nSPS) is 15.2. The van der Waals surface area contributed by atoms with Crippen LogP contribution in [0.25, 0.3) is 10.2 Å². The topological polar surface area (TPSA) is 48.5 Å². The molecular weight excluding hydrogens is 356 g/mol. The summed E-state index contributed by atoms with van der Waals surface area (Å²) in [5.74, 6) is 0.0435. The Balaban J connectivity index is 1.40.